The van der Waals surface area contributed by atoms with Crippen molar-refractivity contribution in [3.05, 3.63) is 63.8 Å². The zero-order valence-corrected chi connectivity index (χ0v) is 16.8. The molecule has 0 aliphatic carbocycles. The first kappa shape index (κ1) is 20.1. The molecule has 2 heterocycles. The Kier molecular flexibility index (Phi) is 6.85. The van der Waals surface area contributed by atoms with Crippen LogP contribution in [0.1, 0.15) is 61.8 Å². The van der Waals surface area contributed by atoms with Gasteiger partial charge in [0, 0.05) is 31.6 Å². The Morgan fingerprint density at radius 1 is 1.32 bits per heavy atom. The van der Waals surface area contributed by atoms with Crippen LogP contribution in [-0.4, -0.2) is 40.5 Å². The van der Waals surface area contributed by atoms with E-state index in [-0.39, 0.29) is 17.5 Å². The first-order valence-corrected chi connectivity index (χ1v) is 10.2. The van der Waals surface area contributed by atoms with Gasteiger partial charge >= 0.3 is 6.03 Å². The standard InChI is InChI=1S/C22H30N4O2/c1-16(2)18-9-7-17(8-10-18)5-3-11-23-22(28)26-12-4-6-19(14-26)20-13-21(27)25-15-24-20/h7-10,13,15-16,19H,3-6,11-12,14H2,1-2H3,(H,23,28)(H,24,25,27). The summed E-state index contributed by atoms with van der Waals surface area (Å²) >= 11 is 0. The maximum Gasteiger partial charge on any atom is 0.317 e. The lowest BCUT2D eigenvalue weighted by Crippen LogP contribution is -2.45. The zero-order chi connectivity index (χ0) is 19.9. The Bertz CT molecular complexity index is 829. The fourth-order valence-corrected chi connectivity index (χ4v) is 3.68. The lowest BCUT2D eigenvalue weighted by Gasteiger charge is -2.32. The van der Waals surface area contributed by atoms with Crippen molar-refractivity contribution in [1.82, 2.24) is 20.2 Å². The monoisotopic (exact) mass is 382 g/mol. The third kappa shape index (κ3) is 5.44. The Morgan fingerprint density at radius 3 is 2.82 bits per heavy atom. The molecule has 3 rings (SSSR count). The molecule has 1 aliphatic rings. The van der Waals surface area contributed by atoms with Crippen molar-refractivity contribution in [3.8, 4) is 0 Å². The molecular formula is C22H30N4O2. The highest BCUT2D eigenvalue weighted by Gasteiger charge is 2.25. The minimum Gasteiger partial charge on any atom is -0.338 e. The topological polar surface area (TPSA) is 78.1 Å². The Hall–Kier alpha value is -2.63. The molecule has 2 N–H and O–H groups in total. The summed E-state index contributed by atoms with van der Waals surface area (Å²) < 4.78 is 0. The summed E-state index contributed by atoms with van der Waals surface area (Å²) in [6.07, 6.45) is 5.18. The van der Waals surface area contributed by atoms with Gasteiger partial charge in [-0.05, 0) is 42.7 Å². The number of carbonyl (C=O) groups excluding carboxylic acids is 1. The van der Waals surface area contributed by atoms with E-state index in [0.29, 0.717) is 19.0 Å². The van der Waals surface area contributed by atoms with E-state index in [1.54, 1.807) is 0 Å². The van der Waals surface area contributed by atoms with E-state index in [1.165, 1.54) is 23.5 Å². The third-order valence-corrected chi connectivity index (χ3v) is 5.39. The van der Waals surface area contributed by atoms with Gasteiger partial charge in [0.05, 0.1) is 12.0 Å². The SMILES string of the molecule is CC(C)c1ccc(CCCNC(=O)N2CCCC(c3cc(=O)[nH]cn3)C2)cc1. The van der Waals surface area contributed by atoms with Crippen LogP contribution >= 0.6 is 0 Å². The maximum absolute atomic E-state index is 12.5. The van der Waals surface area contributed by atoms with Gasteiger partial charge in [0.2, 0.25) is 0 Å². The van der Waals surface area contributed by atoms with Gasteiger partial charge in [-0.3, -0.25) is 4.79 Å². The summed E-state index contributed by atoms with van der Waals surface area (Å²) in [5.74, 6) is 0.674. The van der Waals surface area contributed by atoms with Crippen LogP contribution < -0.4 is 10.9 Å². The normalized spacial score (nSPS) is 17.0. The molecule has 1 saturated heterocycles. The molecule has 6 nitrogen and oxygen atoms in total. The Balaban J connectivity index is 1.43. The van der Waals surface area contributed by atoms with E-state index >= 15 is 0 Å². The minimum absolute atomic E-state index is 0.0234. The number of aryl methyl sites for hydroxylation is 1. The van der Waals surface area contributed by atoms with Crippen molar-refractivity contribution in [2.75, 3.05) is 19.6 Å². The molecule has 0 spiro atoms. The number of hydrogen-bond acceptors (Lipinski definition) is 3. The van der Waals surface area contributed by atoms with Crippen molar-refractivity contribution in [1.29, 1.82) is 0 Å². The van der Waals surface area contributed by atoms with E-state index < -0.39 is 0 Å². The lowest BCUT2D eigenvalue weighted by atomic mass is 9.95. The molecule has 1 atom stereocenters. The number of carbonyl (C=O) groups is 1. The van der Waals surface area contributed by atoms with Crippen LogP contribution in [0.25, 0.3) is 0 Å². The largest absolute Gasteiger partial charge is 0.338 e. The number of amides is 2. The second-order valence-electron chi connectivity index (χ2n) is 7.85. The second-order valence-corrected chi connectivity index (χ2v) is 7.85. The first-order chi connectivity index (χ1) is 13.5. The molecule has 0 bridgehead atoms. The van der Waals surface area contributed by atoms with Crippen molar-refractivity contribution in [3.63, 3.8) is 0 Å². The summed E-state index contributed by atoms with van der Waals surface area (Å²) in [5.41, 5.74) is 3.28. The number of nitrogens with one attached hydrogen (secondary N) is 2. The summed E-state index contributed by atoms with van der Waals surface area (Å²) in [4.78, 5) is 32.7. The van der Waals surface area contributed by atoms with E-state index in [0.717, 1.165) is 37.9 Å². The molecule has 2 amide bonds. The van der Waals surface area contributed by atoms with Gasteiger partial charge in [0.25, 0.3) is 5.56 Å². The Morgan fingerprint density at radius 2 is 2.11 bits per heavy atom. The lowest BCUT2D eigenvalue weighted by molar-refractivity contribution is 0.179. The smallest absolute Gasteiger partial charge is 0.317 e. The number of benzene rings is 1. The van der Waals surface area contributed by atoms with Crippen molar-refractivity contribution in [2.24, 2.45) is 0 Å². The number of nitrogens with zero attached hydrogens (tertiary/aromatic N) is 2. The fourth-order valence-electron chi connectivity index (χ4n) is 3.68. The van der Waals surface area contributed by atoms with Gasteiger partial charge in [-0.1, -0.05) is 38.1 Å². The van der Waals surface area contributed by atoms with E-state index in [9.17, 15) is 9.59 Å². The van der Waals surface area contributed by atoms with Crippen LogP contribution in [0.4, 0.5) is 4.79 Å². The van der Waals surface area contributed by atoms with Crippen molar-refractivity contribution >= 4 is 6.03 Å². The molecule has 28 heavy (non-hydrogen) atoms. The molecular weight excluding hydrogens is 352 g/mol. The number of piperidine rings is 1. The number of aromatic nitrogens is 2. The van der Waals surface area contributed by atoms with Gasteiger partial charge in [-0.25, -0.2) is 9.78 Å². The average Bonchev–Trinajstić information content (AvgIpc) is 2.71. The van der Waals surface area contributed by atoms with Gasteiger partial charge in [0.1, 0.15) is 0 Å². The highest BCUT2D eigenvalue weighted by Crippen LogP contribution is 2.24. The Labute approximate surface area is 166 Å². The molecule has 0 saturated carbocycles. The molecule has 1 aromatic heterocycles. The van der Waals surface area contributed by atoms with E-state index in [2.05, 4.69) is 53.4 Å². The number of likely N-dealkylation sites (tertiary alicyclic amines) is 1. The fraction of sp³-hybridized carbons (Fsp3) is 0.500. The molecule has 2 aromatic rings. The van der Waals surface area contributed by atoms with Crippen LogP contribution in [-0.2, 0) is 6.42 Å². The number of H-pyrrole nitrogens is 1. The van der Waals surface area contributed by atoms with Gasteiger partial charge in [-0.2, -0.15) is 0 Å². The maximum atomic E-state index is 12.5. The predicted molar refractivity (Wildman–Crippen MR) is 111 cm³/mol. The number of rotatable bonds is 6. The van der Waals surface area contributed by atoms with Crippen LogP contribution in [0.5, 0.6) is 0 Å². The van der Waals surface area contributed by atoms with Crippen LogP contribution in [0.15, 0.2) is 41.5 Å². The van der Waals surface area contributed by atoms with E-state index in [1.807, 2.05) is 4.90 Å². The molecule has 1 fully saturated rings. The highest BCUT2D eigenvalue weighted by molar-refractivity contribution is 5.74. The van der Waals surface area contributed by atoms with Crippen molar-refractivity contribution in [2.45, 2.75) is 51.4 Å². The van der Waals surface area contributed by atoms with Crippen molar-refractivity contribution < 1.29 is 4.79 Å². The van der Waals surface area contributed by atoms with Gasteiger partial charge in [0.15, 0.2) is 0 Å². The summed E-state index contributed by atoms with van der Waals surface area (Å²) in [6.45, 7) is 6.42. The highest BCUT2D eigenvalue weighted by atomic mass is 16.2. The molecule has 1 aromatic carbocycles. The molecule has 1 aliphatic heterocycles. The van der Waals surface area contributed by atoms with E-state index in [4.69, 9.17) is 0 Å². The quantitative estimate of drug-likeness (QED) is 0.752. The number of urea groups is 1. The summed E-state index contributed by atoms with van der Waals surface area (Å²) in [5, 5.41) is 3.03. The summed E-state index contributed by atoms with van der Waals surface area (Å²) in [7, 11) is 0. The summed E-state index contributed by atoms with van der Waals surface area (Å²) in [6, 6.07) is 10.3. The minimum atomic E-state index is -0.145. The van der Waals surface area contributed by atoms with Crippen LogP contribution in [0.2, 0.25) is 0 Å². The van der Waals surface area contributed by atoms with Gasteiger partial charge < -0.3 is 15.2 Å². The zero-order valence-electron chi connectivity index (χ0n) is 16.8. The molecule has 150 valence electrons. The average molecular weight is 383 g/mol. The molecule has 0 radical (unpaired) electrons. The van der Waals surface area contributed by atoms with Crippen LogP contribution in [0.3, 0.4) is 0 Å². The third-order valence-electron chi connectivity index (χ3n) is 5.39. The first-order valence-electron chi connectivity index (χ1n) is 10.2. The van der Waals surface area contributed by atoms with Crippen LogP contribution in [0, 0.1) is 0 Å². The molecule has 6 heteroatoms. The van der Waals surface area contributed by atoms with Gasteiger partial charge in [-0.15, -0.1) is 0 Å². The second kappa shape index (κ2) is 9.53. The predicted octanol–water partition coefficient (Wildman–Crippen LogP) is 3.42. The number of hydrogen-bond donors (Lipinski definition) is 2. The molecule has 1 unspecified atom stereocenters. The number of aromatic amines is 1.